The van der Waals surface area contributed by atoms with Crippen LogP contribution in [0.25, 0.3) is 11.4 Å². The van der Waals surface area contributed by atoms with Gasteiger partial charge in [-0.15, -0.1) is 0 Å². The second-order valence-electron chi connectivity index (χ2n) is 4.75. The van der Waals surface area contributed by atoms with Crippen LogP contribution in [0, 0.1) is 0 Å². The van der Waals surface area contributed by atoms with Gasteiger partial charge in [-0.3, -0.25) is 0 Å². The fraction of sp³-hybridized carbons (Fsp3) is 0.118. The third kappa shape index (κ3) is 4.11. The van der Waals surface area contributed by atoms with Crippen molar-refractivity contribution in [2.75, 3.05) is 6.61 Å². The fourth-order valence-corrected chi connectivity index (χ4v) is 2.13. The lowest BCUT2D eigenvalue weighted by Crippen LogP contribution is -2.14. The number of halogens is 1. The van der Waals surface area contributed by atoms with Crippen molar-refractivity contribution in [2.45, 2.75) is 6.61 Å². The van der Waals surface area contributed by atoms with Crippen LogP contribution in [-0.4, -0.2) is 22.7 Å². The molecule has 2 aromatic carbocycles. The van der Waals surface area contributed by atoms with Gasteiger partial charge in [-0.05, 0) is 24.3 Å². The SMILES string of the molecule is O=C(COc1ccccc1)OCc1nc(-c2ccccc2Cl)no1. The molecular formula is C17H13ClN2O4. The Labute approximate surface area is 143 Å². The van der Waals surface area contributed by atoms with E-state index in [-0.39, 0.29) is 19.1 Å². The molecule has 0 saturated carbocycles. The number of ether oxygens (including phenoxy) is 2. The van der Waals surface area contributed by atoms with Crippen LogP contribution in [0.15, 0.2) is 59.1 Å². The molecule has 1 aromatic heterocycles. The summed E-state index contributed by atoms with van der Waals surface area (Å²) in [5.41, 5.74) is 0.646. The van der Waals surface area contributed by atoms with Crippen LogP contribution in [0.4, 0.5) is 0 Å². The summed E-state index contributed by atoms with van der Waals surface area (Å²) in [6.45, 7) is -0.329. The number of hydrogen-bond acceptors (Lipinski definition) is 6. The zero-order valence-corrected chi connectivity index (χ0v) is 13.3. The molecule has 122 valence electrons. The second kappa shape index (κ2) is 7.61. The van der Waals surface area contributed by atoms with Crippen molar-refractivity contribution in [3.05, 3.63) is 65.5 Å². The maximum absolute atomic E-state index is 11.7. The first-order chi connectivity index (χ1) is 11.7. The number of esters is 1. The number of hydrogen-bond donors (Lipinski definition) is 0. The average molecular weight is 345 g/mol. The van der Waals surface area contributed by atoms with Gasteiger partial charge in [0.05, 0.1) is 5.02 Å². The number of carbonyl (C=O) groups excluding carboxylic acids is 1. The van der Waals surface area contributed by atoms with E-state index in [1.54, 1.807) is 30.3 Å². The van der Waals surface area contributed by atoms with Gasteiger partial charge in [-0.25, -0.2) is 4.79 Å². The van der Waals surface area contributed by atoms with Gasteiger partial charge in [0.1, 0.15) is 5.75 Å². The first-order valence-corrected chi connectivity index (χ1v) is 7.51. The molecule has 0 N–H and O–H groups in total. The summed E-state index contributed by atoms with van der Waals surface area (Å²) < 4.78 is 15.4. The molecule has 0 aliphatic heterocycles. The molecule has 0 amide bonds. The lowest BCUT2D eigenvalue weighted by molar-refractivity contribution is -0.148. The molecule has 7 heteroatoms. The first kappa shape index (κ1) is 16.0. The molecule has 0 unspecified atom stereocenters. The molecular weight excluding hydrogens is 332 g/mol. The van der Waals surface area contributed by atoms with Gasteiger partial charge in [-0.2, -0.15) is 4.98 Å². The van der Waals surface area contributed by atoms with Crippen molar-refractivity contribution >= 4 is 17.6 Å². The van der Waals surface area contributed by atoms with Crippen LogP contribution >= 0.6 is 11.6 Å². The summed E-state index contributed by atoms with van der Waals surface area (Å²) >= 11 is 6.07. The topological polar surface area (TPSA) is 74.5 Å². The van der Waals surface area contributed by atoms with E-state index < -0.39 is 5.97 Å². The van der Waals surface area contributed by atoms with Gasteiger partial charge >= 0.3 is 5.97 Å². The Morgan fingerprint density at radius 2 is 1.83 bits per heavy atom. The van der Waals surface area contributed by atoms with Crippen molar-refractivity contribution in [2.24, 2.45) is 0 Å². The molecule has 0 radical (unpaired) electrons. The minimum Gasteiger partial charge on any atom is -0.482 e. The van der Waals surface area contributed by atoms with Gasteiger partial charge in [0.2, 0.25) is 5.82 Å². The lowest BCUT2D eigenvalue weighted by Gasteiger charge is -2.05. The van der Waals surface area contributed by atoms with E-state index in [1.165, 1.54) is 0 Å². The van der Waals surface area contributed by atoms with E-state index in [0.717, 1.165) is 0 Å². The molecule has 0 fully saturated rings. The summed E-state index contributed by atoms with van der Waals surface area (Å²) in [5, 5.41) is 4.34. The van der Waals surface area contributed by atoms with E-state index in [4.69, 9.17) is 25.6 Å². The van der Waals surface area contributed by atoms with Crippen LogP contribution in [0.1, 0.15) is 5.89 Å². The maximum atomic E-state index is 11.7. The van der Waals surface area contributed by atoms with Crippen LogP contribution in [0.2, 0.25) is 5.02 Å². The molecule has 6 nitrogen and oxygen atoms in total. The van der Waals surface area contributed by atoms with E-state index >= 15 is 0 Å². The Bertz CT molecular complexity index is 820. The molecule has 0 saturated heterocycles. The van der Waals surface area contributed by atoms with E-state index in [9.17, 15) is 4.79 Å². The highest BCUT2D eigenvalue weighted by molar-refractivity contribution is 6.33. The third-order valence-electron chi connectivity index (χ3n) is 3.04. The normalized spacial score (nSPS) is 10.4. The Kier molecular flexibility index (Phi) is 5.08. The molecule has 0 spiro atoms. The summed E-state index contributed by atoms with van der Waals surface area (Å²) in [6, 6.07) is 16.1. The van der Waals surface area contributed by atoms with Gasteiger partial charge in [0.15, 0.2) is 13.2 Å². The minimum absolute atomic E-state index is 0.131. The Balaban J connectivity index is 1.52. The van der Waals surface area contributed by atoms with Gasteiger partial charge < -0.3 is 14.0 Å². The van der Waals surface area contributed by atoms with E-state index in [1.807, 2.05) is 24.3 Å². The smallest absolute Gasteiger partial charge is 0.344 e. The summed E-state index contributed by atoms with van der Waals surface area (Å²) in [4.78, 5) is 15.8. The van der Waals surface area contributed by atoms with Crippen LogP contribution in [-0.2, 0) is 16.1 Å². The number of benzene rings is 2. The van der Waals surface area contributed by atoms with Crippen molar-refractivity contribution in [3.63, 3.8) is 0 Å². The van der Waals surface area contributed by atoms with Gasteiger partial charge in [0, 0.05) is 5.56 Å². The lowest BCUT2D eigenvalue weighted by atomic mass is 10.2. The first-order valence-electron chi connectivity index (χ1n) is 7.13. The molecule has 3 rings (SSSR count). The predicted octanol–water partition coefficient (Wildman–Crippen LogP) is 3.51. The highest BCUT2D eigenvalue weighted by Crippen LogP contribution is 2.24. The summed E-state index contributed by atoms with van der Waals surface area (Å²) in [5.74, 6) is 0.578. The molecule has 1 heterocycles. The number of rotatable bonds is 6. The van der Waals surface area contributed by atoms with E-state index in [2.05, 4.69) is 10.1 Å². The predicted molar refractivity (Wildman–Crippen MR) is 86.5 cm³/mol. The number of nitrogens with zero attached hydrogens (tertiary/aromatic N) is 2. The standard InChI is InChI=1S/C17H13ClN2O4/c18-14-9-5-4-8-13(14)17-19-15(24-20-17)10-23-16(21)11-22-12-6-2-1-3-7-12/h1-9H,10-11H2. The largest absolute Gasteiger partial charge is 0.482 e. The third-order valence-corrected chi connectivity index (χ3v) is 3.37. The summed E-state index contributed by atoms with van der Waals surface area (Å²) in [7, 11) is 0. The fourth-order valence-electron chi connectivity index (χ4n) is 1.91. The van der Waals surface area contributed by atoms with Crippen LogP contribution in [0.5, 0.6) is 5.75 Å². The maximum Gasteiger partial charge on any atom is 0.344 e. The zero-order chi connectivity index (χ0) is 16.8. The highest BCUT2D eigenvalue weighted by Gasteiger charge is 2.13. The van der Waals surface area contributed by atoms with E-state index in [0.29, 0.717) is 22.2 Å². The van der Waals surface area contributed by atoms with Crippen molar-refractivity contribution in [1.29, 1.82) is 0 Å². The Morgan fingerprint density at radius 1 is 1.08 bits per heavy atom. The van der Waals surface area contributed by atoms with Crippen molar-refractivity contribution in [1.82, 2.24) is 10.1 Å². The van der Waals surface area contributed by atoms with Crippen molar-refractivity contribution < 1.29 is 18.8 Å². The van der Waals surface area contributed by atoms with Crippen LogP contribution < -0.4 is 4.74 Å². The molecule has 0 atom stereocenters. The highest BCUT2D eigenvalue weighted by atomic mass is 35.5. The number of aromatic nitrogens is 2. The Hall–Kier alpha value is -2.86. The molecule has 24 heavy (non-hydrogen) atoms. The molecule has 3 aromatic rings. The molecule has 0 bridgehead atoms. The average Bonchev–Trinajstić information content (AvgIpc) is 3.08. The zero-order valence-electron chi connectivity index (χ0n) is 12.5. The minimum atomic E-state index is -0.531. The number of carbonyl (C=O) groups is 1. The number of para-hydroxylation sites is 1. The molecule has 0 aliphatic rings. The molecule has 0 aliphatic carbocycles. The quantitative estimate of drug-likeness (QED) is 0.637. The second-order valence-corrected chi connectivity index (χ2v) is 5.16. The van der Waals surface area contributed by atoms with Crippen LogP contribution in [0.3, 0.4) is 0 Å². The Morgan fingerprint density at radius 3 is 2.62 bits per heavy atom. The van der Waals surface area contributed by atoms with Gasteiger partial charge in [-0.1, -0.05) is 47.1 Å². The monoisotopic (exact) mass is 344 g/mol. The summed E-state index contributed by atoms with van der Waals surface area (Å²) in [6.07, 6.45) is 0. The van der Waals surface area contributed by atoms with Crippen molar-refractivity contribution in [3.8, 4) is 17.1 Å². The van der Waals surface area contributed by atoms with Gasteiger partial charge in [0.25, 0.3) is 5.89 Å².